The quantitative estimate of drug-likeness (QED) is 0.459. The van der Waals surface area contributed by atoms with Crippen LogP contribution in [0.25, 0.3) is 0 Å². The lowest BCUT2D eigenvalue weighted by Gasteiger charge is -2.28. The van der Waals surface area contributed by atoms with Gasteiger partial charge in [-0.3, -0.25) is 19.7 Å². The average Bonchev–Trinajstić information content (AvgIpc) is 3.31. The number of benzene rings is 1. The molecule has 0 bridgehead atoms. The van der Waals surface area contributed by atoms with Crippen LogP contribution in [0.3, 0.4) is 0 Å². The third-order valence-electron chi connectivity index (χ3n) is 5.65. The number of nitrogens with one attached hydrogen (secondary N) is 1. The number of rotatable bonds is 10. The summed E-state index contributed by atoms with van der Waals surface area (Å²) in [5.74, 6) is -0.550. The molecule has 0 aliphatic carbocycles. The minimum Gasteiger partial charge on any atom is -0.465 e. The Morgan fingerprint density at radius 1 is 1.19 bits per heavy atom. The Bertz CT molecular complexity index is 991. The van der Waals surface area contributed by atoms with Crippen molar-refractivity contribution >= 4 is 40.9 Å². The molecule has 9 heteroatoms. The Morgan fingerprint density at radius 3 is 2.58 bits per heavy atom. The normalized spacial score (nSPS) is 19.4. The lowest BCUT2D eigenvalue weighted by Crippen LogP contribution is -2.54. The van der Waals surface area contributed by atoms with Crippen molar-refractivity contribution in [3.8, 4) is 0 Å². The first-order valence-corrected chi connectivity index (χ1v) is 14.3. The zero-order chi connectivity index (χ0) is 26.1. The maximum atomic E-state index is 13.6. The number of hydrogen-bond acceptors (Lipinski definition) is 8. The predicted molar refractivity (Wildman–Crippen MR) is 144 cm³/mol. The fourth-order valence-corrected chi connectivity index (χ4v) is 6.10. The number of thiophene rings is 1. The molecule has 1 fully saturated rings. The molecular formula is C27H36N2O5S2. The van der Waals surface area contributed by atoms with Crippen LogP contribution in [0.15, 0.2) is 47.2 Å². The van der Waals surface area contributed by atoms with E-state index in [-0.39, 0.29) is 30.3 Å². The van der Waals surface area contributed by atoms with Gasteiger partial charge < -0.3 is 14.4 Å². The lowest BCUT2D eigenvalue weighted by molar-refractivity contribution is -0.159. The van der Waals surface area contributed by atoms with Gasteiger partial charge in [0.25, 0.3) is 0 Å². The summed E-state index contributed by atoms with van der Waals surface area (Å²) < 4.78 is 10.8. The van der Waals surface area contributed by atoms with Crippen molar-refractivity contribution in [3.63, 3.8) is 0 Å². The first-order chi connectivity index (χ1) is 17.2. The van der Waals surface area contributed by atoms with E-state index in [9.17, 15) is 14.4 Å². The van der Waals surface area contributed by atoms with Crippen molar-refractivity contribution in [2.45, 2.75) is 63.5 Å². The van der Waals surface area contributed by atoms with Crippen molar-refractivity contribution in [2.75, 3.05) is 25.4 Å². The van der Waals surface area contributed by atoms with Gasteiger partial charge in [0.1, 0.15) is 18.2 Å². The molecule has 1 aromatic heterocycles. The molecule has 3 atom stereocenters. The monoisotopic (exact) mass is 532 g/mol. The molecule has 0 radical (unpaired) electrons. The lowest BCUT2D eigenvalue weighted by atomic mass is 10.0. The molecule has 2 unspecified atom stereocenters. The number of nitrogens with zero attached hydrogens (tertiary/aromatic N) is 1. The minimum atomic E-state index is -0.641. The van der Waals surface area contributed by atoms with Crippen molar-refractivity contribution in [3.05, 3.63) is 58.3 Å². The second kappa shape index (κ2) is 13.3. The van der Waals surface area contributed by atoms with Crippen LogP contribution >= 0.6 is 23.1 Å². The van der Waals surface area contributed by atoms with Crippen molar-refractivity contribution < 1.29 is 23.9 Å². The summed E-state index contributed by atoms with van der Waals surface area (Å²) in [6.07, 6.45) is 1.17. The highest BCUT2D eigenvalue weighted by Gasteiger charge is 2.36. The Kier molecular flexibility index (Phi) is 10.4. The van der Waals surface area contributed by atoms with E-state index in [4.69, 9.17) is 9.47 Å². The summed E-state index contributed by atoms with van der Waals surface area (Å²) in [6, 6.07) is 10.7. The predicted octanol–water partition coefficient (Wildman–Crippen LogP) is 4.23. The van der Waals surface area contributed by atoms with Gasteiger partial charge >= 0.3 is 11.9 Å². The number of hydrogen-bond donors (Lipinski definition) is 1. The maximum Gasteiger partial charge on any atom is 0.326 e. The second-order valence-electron chi connectivity index (χ2n) is 9.73. The van der Waals surface area contributed by atoms with Gasteiger partial charge in [0.05, 0.1) is 12.6 Å². The van der Waals surface area contributed by atoms with Crippen LogP contribution in [0.5, 0.6) is 0 Å². The Labute approximate surface area is 221 Å². The molecule has 1 saturated heterocycles. The molecule has 1 aromatic carbocycles. The van der Waals surface area contributed by atoms with Crippen LogP contribution in [0, 0.1) is 0 Å². The summed E-state index contributed by atoms with van der Waals surface area (Å²) in [4.78, 5) is 40.7. The number of thioether (sulfide) groups is 1. The van der Waals surface area contributed by atoms with Gasteiger partial charge in [-0.25, -0.2) is 0 Å². The molecule has 2 heterocycles. The molecule has 1 N–H and O–H groups in total. The van der Waals surface area contributed by atoms with Crippen molar-refractivity contribution in [1.29, 1.82) is 0 Å². The second-order valence-corrected chi connectivity index (χ2v) is 11.7. The Hall–Kier alpha value is -2.36. The molecular weight excluding hydrogens is 496 g/mol. The van der Waals surface area contributed by atoms with Crippen LogP contribution in [0.1, 0.15) is 50.5 Å². The van der Waals surface area contributed by atoms with Crippen LogP contribution in [-0.4, -0.2) is 65.9 Å². The van der Waals surface area contributed by atoms with E-state index in [1.54, 1.807) is 55.7 Å². The van der Waals surface area contributed by atoms with Crippen LogP contribution < -0.4 is 5.32 Å². The SMILES string of the molecule is CCOC(=O)[C@H](CCc1ccccc1)NC1CSC(c2ccsc2)CN(CC(=O)OC(C)(C)C)C1=O. The van der Waals surface area contributed by atoms with Crippen molar-refractivity contribution in [2.24, 2.45) is 0 Å². The average molecular weight is 533 g/mol. The highest BCUT2D eigenvalue weighted by molar-refractivity contribution is 7.99. The van der Waals surface area contributed by atoms with E-state index < -0.39 is 23.7 Å². The molecule has 36 heavy (non-hydrogen) atoms. The van der Waals surface area contributed by atoms with E-state index in [1.165, 1.54) is 0 Å². The zero-order valence-electron chi connectivity index (χ0n) is 21.4. The van der Waals surface area contributed by atoms with Gasteiger partial charge in [-0.15, -0.1) is 11.8 Å². The molecule has 196 valence electrons. The molecule has 3 rings (SSSR count). The van der Waals surface area contributed by atoms with Gasteiger partial charge in [-0.1, -0.05) is 30.3 Å². The van der Waals surface area contributed by atoms with E-state index in [0.717, 1.165) is 11.1 Å². The molecule has 7 nitrogen and oxygen atoms in total. The number of carbonyl (C=O) groups excluding carboxylic acids is 3. The van der Waals surface area contributed by atoms with Gasteiger partial charge in [-0.05, 0) is 68.5 Å². The molecule has 0 spiro atoms. The number of aryl methyl sites for hydroxylation is 1. The van der Waals surface area contributed by atoms with Gasteiger partial charge in [0.2, 0.25) is 5.91 Å². The van der Waals surface area contributed by atoms with Crippen LogP contribution in [0.4, 0.5) is 0 Å². The van der Waals surface area contributed by atoms with Crippen LogP contribution in [0.2, 0.25) is 0 Å². The number of amides is 1. The topological polar surface area (TPSA) is 84.9 Å². The number of esters is 2. The summed E-state index contributed by atoms with van der Waals surface area (Å²) in [5.41, 5.74) is 1.59. The molecule has 2 aromatic rings. The minimum absolute atomic E-state index is 0.0276. The van der Waals surface area contributed by atoms with E-state index in [0.29, 0.717) is 25.1 Å². The highest BCUT2D eigenvalue weighted by atomic mass is 32.2. The smallest absolute Gasteiger partial charge is 0.326 e. The standard InChI is InChI=1S/C27H36N2O5S2/c1-5-33-26(32)21(12-11-19-9-7-6-8-10-19)28-22-18-36-23(20-13-14-35-17-20)15-29(25(22)31)16-24(30)34-27(2,3)4/h6-10,13-14,17,21-23,28H,5,11-12,15-16,18H2,1-4H3/t21-,22?,23?/m0/s1. The zero-order valence-corrected chi connectivity index (χ0v) is 23.0. The molecule has 1 amide bonds. The highest BCUT2D eigenvalue weighted by Crippen LogP contribution is 2.34. The third-order valence-corrected chi connectivity index (χ3v) is 7.70. The fourth-order valence-electron chi connectivity index (χ4n) is 4.01. The Morgan fingerprint density at radius 2 is 1.94 bits per heavy atom. The summed E-state index contributed by atoms with van der Waals surface area (Å²) in [6.45, 7) is 7.71. The summed E-state index contributed by atoms with van der Waals surface area (Å²) in [5, 5.41) is 7.39. The first kappa shape index (κ1) is 28.2. The maximum absolute atomic E-state index is 13.6. The van der Waals surface area contributed by atoms with Crippen molar-refractivity contribution in [1.82, 2.24) is 10.2 Å². The molecule has 0 saturated carbocycles. The van der Waals surface area contributed by atoms with Gasteiger partial charge in [-0.2, -0.15) is 11.3 Å². The molecule has 1 aliphatic rings. The van der Waals surface area contributed by atoms with Gasteiger partial charge in [0, 0.05) is 17.5 Å². The largest absolute Gasteiger partial charge is 0.465 e. The summed E-state index contributed by atoms with van der Waals surface area (Å²) >= 11 is 3.26. The first-order valence-electron chi connectivity index (χ1n) is 12.3. The third kappa shape index (κ3) is 8.64. The van der Waals surface area contributed by atoms with Gasteiger partial charge in [0.15, 0.2) is 0 Å². The van der Waals surface area contributed by atoms with Crippen LogP contribution in [-0.2, 0) is 30.3 Å². The van der Waals surface area contributed by atoms with E-state index in [2.05, 4.69) is 10.7 Å². The number of carbonyl (C=O) groups is 3. The number of ether oxygens (including phenoxy) is 2. The molecule has 1 aliphatic heterocycles. The van der Waals surface area contributed by atoms with E-state index >= 15 is 0 Å². The summed E-state index contributed by atoms with van der Waals surface area (Å²) in [7, 11) is 0. The van der Waals surface area contributed by atoms with E-state index in [1.807, 2.05) is 41.8 Å². The Balaban J connectivity index is 1.78. The fraction of sp³-hybridized carbons (Fsp3) is 0.519.